The third-order valence-electron chi connectivity index (χ3n) is 5.74. The number of anilines is 1. The Hall–Kier alpha value is -3.55. The van der Waals surface area contributed by atoms with Crippen molar-refractivity contribution in [3.63, 3.8) is 0 Å². The molecular weight excluding hydrogens is 394 g/mol. The molecule has 3 N–H and O–H groups in total. The van der Waals surface area contributed by atoms with Crippen LogP contribution in [0.2, 0.25) is 0 Å². The molecular formula is C23H27N5O3. The minimum Gasteiger partial charge on any atom is -0.507 e. The van der Waals surface area contributed by atoms with Gasteiger partial charge in [0.15, 0.2) is 0 Å². The van der Waals surface area contributed by atoms with Crippen LogP contribution in [0, 0.1) is 0 Å². The molecule has 0 aliphatic heterocycles. The summed E-state index contributed by atoms with van der Waals surface area (Å²) in [6.45, 7) is 2.37. The third-order valence-corrected chi connectivity index (χ3v) is 5.74. The number of aromatic nitrogens is 3. The molecule has 0 saturated heterocycles. The molecule has 0 bridgehead atoms. The summed E-state index contributed by atoms with van der Waals surface area (Å²) in [5.74, 6) is 0.0604. The molecule has 1 saturated carbocycles. The predicted molar refractivity (Wildman–Crippen MR) is 118 cm³/mol. The van der Waals surface area contributed by atoms with Crippen molar-refractivity contribution < 1.29 is 14.7 Å². The fourth-order valence-corrected chi connectivity index (χ4v) is 4.14. The van der Waals surface area contributed by atoms with Gasteiger partial charge in [-0.3, -0.25) is 4.79 Å². The number of amides is 2. The highest BCUT2D eigenvalue weighted by atomic mass is 16.3. The number of aromatic hydroxyl groups is 1. The van der Waals surface area contributed by atoms with Gasteiger partial charge in [-0.05, 0) is 56.2 Å². The number of phenolic OH excluding ortho intramolecular Hbond substituents is 1. The van der Waals surface area contributed by atoms with E-state index in [0.717, 1.165) is 31.4 Å². The first-order chi connectivity index (χ1) is 15.0. The summed E-state index contributed by atoms with van der Waals surface area (Å²) in [6.07, 6.45) is 6.10. The van der Waals surface area contributed by atoms with Crippen LogP contribution in [-0.4, -0.2) is 37.9 Å². The van der Waals surface area contributed by atoms with Crippen LogP contribution in [0.5, 0.6) is 5.75 Å². The molecule has 8 heteroatoms. The van der Waals surface area contributed by atoms with Crippen LogP contribution < -0.4 is 10.6 Å². The Bertz CT molecular complexity index is 1110. The summed E-state index contributed by atoms with van der Waals surface area (Å²) in [7, 11) is 1.80. The van der Waals surface area contributed by atoms with Crippen molar-refractivity contribution in [1.82, 2.24) is 19.7 Å². The second-order valence-electron chi connectivity index (χ2n) is 7.87. The lowest BCUT2D eigenvalue weighted by Crippen LogP contribution is -2.30. The van der Waals surface area contributed by atoms with E-state index in [1.54, 1.807) is 42.1 Å². The minimum atomic E-state index is -0.275. The van der Waals surface area contributed by atoms with Gasteiger partial charge in [0.25, 0.3) is 5.91 Å². The van der Waals surface area contributed by atoms with Gasteiger partial charge in [-0.1, -0.05) is 12.8 Å². The standard InChI is InChI=1S/C23H27N5O3/c1-3-24-23(31)28-20(15-7-4-5-8-15)14-18(26-28)17-13-16(10-11-21(17)29)25-22(30)19-9-6-12-27(19)2/h6,9-15,29H,3-5,7-8H2,1-2H3,(H,24,31)(H,25,30). The van der Waals surface area contributed by atoms with Crippen LogP contribution in [-0.2, 0) is 7.05 Å². The van der Waals surface area contributed by atoms with E-state index in [9.17, 15) is 14.7 Å². The van der Waals surface area contributed by atoms with Crippen LogP contribution in [0.3, 0.4) is 0 Å². The van der Waals surface area contributed by atoms with Gasteiger partial charge in [-0.15, -0.1) is 0 Å². The number of aryl methyl sites for hydroxylation is 1. The third kappa shape index (κ3) is 4.19. The highest BCUT2D eigenvalue weighted by molar-refractivity contribution is 6.03. The average molecular weight is 422 g/mol. The molecule has 0 atom stereocenters. The number of nitrogens with one attached hydrogen (secondary N) is 2. The first kappa shape index (κ1) is 20.7. The molecule has 0 radical (unpaired) electrons. The molecule has 2 aromatic heterocycles. The molecule has 162 valence electrons. The van der Waals surface area contributed by atoms with E-state index in [-0.39, 0.29) is 23.6 Å². The monoisotopic (exact) mass is 421 g/mol. The van der Waals surface area contributed by atoms with Gasteiger partial charge < -0.3 is 20.3 Å². The smallest absolute Gasteiger partial charge is 0.342 e. The molecule has 3 aromatic rings. The normalized spacial score (nSPS) is 14.0. The predicted octanol–water partition coefficient (Wildman–Crippen LogP) is 4.08. The van der Waals surface area contributed by atoms with Gasteiger partial charge in [-0.2, -0.15) is 9.78 Å². The Morgan fingerprint density at radius 3 is 2.65 bits per heavy atom. The van der Waals surface area contributed by atoms with E-state index in [4.69, 9.17) is 0 Å². The molecule has 0 unspecified atom stereocenters. The minimum absolute atomic E-state index is 0.0374. The Kier molecular flexibility index (Phi) is 5.79. The lowest BCUT2D eigenvalue weighted by molar-refractivity contribution is 0.101. The Balaban J connectivity index is 1.68. The zero-order valence-corrected chi connectivity index (χ0v) is 17.8. The van der Waals surface area contributed by atoms with Crippen LogP contribution in [0.4, 0.5) is 10.5 Å². The fourth-order valence-electron chi connectivity index (χ4n) is 4.14. The van der Waals surface area contributed by atoms with E-state index in [1.807, 2.05) is 13.0 Å². The number of benzene rings is 1. The summed E-state index contributed by atoms with van der Waals surface area (Å²) >= 11 is 0. The van der Waals surface area contributed by atoms with Crippen molar-refractivity contribution >= 4 is 17.6 Å². The summed E-state index contributed by atoms with van der Waals surface area (Å²) in [4.78, 5) is 25.2. The SMILES string of the molecule is CCNC(=O)n1nc(-c2cc(NC(=O)c3cccn3C)ccc2O)cc1C1CCCC1. The molecule has 8 nitrogen and oxygen atoms in total. The number of hydrogen-bond donors (Lipinski definition) is 3. The molecule has 0 spiro atoms. The maximum absolute atomic E-state index is 12.6. The topological polar surface area (TPSA) is 101 Å². The summed E-state index contributed by atoms with van der Waals surface area (Å²) in [5, 5.41) is 20.7. The Morgan fingerprint density at radius 2 is 1.97 bits per heavy atom. The van der Waals surface area contributed by atoms with Gasteiger partial charge in [0.2, 0.25) is 0 Å². The van der Waals surface area contributed by atoms with Crippen LogP contribution in [0.1, 0.15) is 54.7 Å². The summed E-state index contributed by atoms with van der Waals surface area (Å²) in [6, 6.07) is 9.98. The molecule has 1 fully saturated rings. The average Bonchev–Trinajstić information content (AvgIpc) is 3.49. The lowest BCUT2D eigenvalue weighted by Gasteiger charge is -2.11. The number of carbonyl (C=O) groups excluding carboxylic acids is 2. The summed E-state index contributed by atoms with van der Waals surface area (Å²) in [5.41, 5.74) is 2.89. The quantitative estimate of drug-likeness (QED) is 0.540. The zero-order chi connectivity index (χ0) is 22.0. The van der Waals surface area contributed by atoms with Gasteiger partial charge in [0.1, 0.15) is 11.4 Å². The largest absolute Gasteiger partial charge is 0.507 e. The van der Waals surface area contributed by atoms with Crippen molar-refractivity contribution in [3.05, 3.63) is 54.0 Å². The number of nitrogens with zero attached hydrogens (tertiary/aromatic N) is 3. The van der Waals surface area contributed by atoms with Gasteiger partial charge >= 0.3 is 6.03 Å². The molecule has 4 rings (SSSR count). The van der Waals surface area contributed by atoms with Crippen molar-refractivity contribution in [2.24, 2.45) is 7.05 Å². The van der Waals surface area contributed by atoms with E-state index in [0.29, 0.717) is 29.2 Å². The van der Waals surface area contributed by atoms with E-state index in [2.05, 4.69) is 15.7 Å². The van der Waals surface area contributed by atoms with E-state index >= 15 is 0 Å². The first-order valence-corrected chi connectivity index (χ1v) is 10.6. The lowest BCUT2D eigenvalue weighted by atomic mass is 10.0. The highest BCUT2D eigenvalue weighted by Gasteiger charge is 2.26. The van der Waals surface area contributed by atoms with Gasteiger partial charge in [0.05, 0.1) is 11.4 Å². The Labute approximate surface area is 180 Å². The molecule has 1 aromatic carbocycles. The number of rotatable bonds is 5. The van der Waals surface area contributed by atoms with E-state index in [1.165, 1.54) is 10.7 Å². The Morgan fingerprint density at radius 1 is 1.19 bits per heavy atom. The van der Waals surface area contributed by atoms with Crippen molar-refractivity contribution in [3.8, 4) is 17.0 Å². The maximum atomic E-state index is 12.6. The van der Waals surface area contributed by atoms with Gasteiger partial charge in [0, 0.05) is 37.0 Å². The second kappa shape index (κ2) is 8.67. The van der Waals surface area contributed by atoms with Crippen LogP contribution in [0.25, 0.3) is 11.3 Å². The van der Waals surface area contributed by atoms with Crippen LogP contribution >= 0.6 is 0 Å². The van der Waals surface area contributed by atoms with Gasteiger partial charge in [-0.25, -0.2) is 4.79 Å². The molecule has 1 aliphatic carbocycles. The molecule has 2 amide bonds. The molecule has 2 heterocycles. The number of phenols is 1. The maximum Gasteiger partial charge on any atom is 0.342 e. The molecule has 1 aliphatic rings. The zero-order valence-electron chi connectivity index (χ0n) is 17.8. The number of hydrogen-bond acceptors (Lipinski definition) is 4. The van der Waals surface area contributed by atoms with Crippen molar-refractivity contribution in [1.29, 1.82) is 0 Å². The van der Waals surface area contributed by atoms with Crippen molar-refractivity contribution in [2.45, 2.75) is 38.5 Å². The van der Waals surface area contributed by atoms with Crippen LogP contribution in [0.15, 0.2) is 42.6 Å². The molecule has 31 heavy (non-hydrogen) atoms. The highest BCUT2D eigenvalue weighted by Crippen LogP contribution is 2.38. The second-order valence-corrected chi connectivity index (χ2v) is 7.87. The first-order valence-electron chi connectivity index (χ1n) is 10.6. The van der Waals surface area contributed by atoms with E-state index < -0.39 is 0 Å². The van der Waals surface area contributed by atoms with Crippen molar-refractivity contribution in [2.75, 3.05) is 11.9 Å². The summed E-state index contributed by atoms with van der Waals surface area (Å²) < 4.78 is 3.15. The number of carbonyl (C=O) groups is 2. The fraction of sp³-hybridized carbons (Fsp3) is 0.348.